The predicted octanol–water partition coefficient (Wildman–Crippen LogP) is 5.17. The van der Waals surface area contributed by atoms with Gasteiger partial charge in [0.2, 0.25) is 0 Å². The number of hydrogen-bond acceptors (Lipinski definition) is 5. The lowest BCUT2D eigenvalue weighted by atomic mass is 10.2. The van der Waals surface area contributed by atoms with Gasteiger partial charge in [0.15, 0.2) is 0 Å². The van der Waals surface area contributed by atoms with Gasteiger partial charge in [0.05, 0.1) is 22.3 Å². The summed E-state index contributed by atoms with van der Waals surface area (Å²) in [6.45, 7) is 0.0155. The van der Waals surface area contributed by atoms with Crippen molar-refractivity contribution in [3.8, 4) is 0 Å². The highest BCUT2D eigenvalue weighted by Gasteiger charge is 2.34. The van der Waals surface area contributed by atoms with Gasteiger partial charge in [-0.1, -0.05) is 35.3 Å². The Labute approximate surface area is 171 Å². The minimum atomic E-state index is -0.340. The van der Waals surface area contributed by atoms with E-state index in [1.54, 1.807) is 24.3 Å². The minimum absolute atomic E-state index is 0.0155. The molecule has 140 valence electrons. The highest BCUT2D eigenvalue weighted by Crippen LogP contribution is 2.33. The van der Waals surface area contributed by atoms with Crippen LogP contribution in [-0.2, 0) is 4.79 Å². The van der Waals surface area contributed by atoms with Gasteiger partial charge in [-0.15, -0.1) is 0 Å². The first kappa shape index (κ1) is 19.6. The van der Waals surface area contributed by atoms with E-state index in [1.165, 1.54) is 0 Å². The number of nitrogens with zero attached hydrogens (tertiary/aromatic N) is 2. The summed E-state index contributed by atoms with van der Waals surface area (Å²) >= 11 is 13.0. The molecule has 8 heteroatoms. The summed E-state index contributed by atoms with van der Waals surface area (Å²) in [4.78, 5) is 28.3. The van der Waals surface area contributed by atoms with Gasteiger partial charge >= 0.3 is 0 Å². The third-order valence-corrected chi connectivity index (χ3v) is 5.41. The molecule has 0 aromatic heterocycles. The Morgan fingerprint density at radius 2 is 1.81 bits per heavy atom. The Kier molecular flexibility index (Phi) is 5.99. The zero-order valence-electron chi connectivity index (χ0n) is 14.7. The number of nitrogens with one attached hydrogen (secondary N) is 1. The zero-order valence-corrected chi connectivity index (χ0v) is 17.0. The average Bonchev–Trinajstić information content (AvgIpc) is 2.89. The topological polar surface area (TPSA) is 52.7 Å². The Balaban J connectivity index is 1.71. The Bertz CT molecular complexity index is 914. The van der Waals surface area contributed by atoms with Crippen LogP contribution < -0.4 is 10.2 Å². The number of rotatable bonds is 5. The van der Waals surface area contributed by atoms with Crippen molar-refractivity contribution in [3.05, 3.63) is 63.0 Å². The van der Waals surface area contributed by atoms with E-state index in [1.807, 2.05) is 43.3 Å². The SMILES string of the molecule is CN(C)c1ccc(/C=C2/SC(=O)N(CNc3cc(Cl)ccc3Cl)C2=O)cc1. The van der Waals surface area contributed by atoms with Crippen molar-refractivity contribution in [2.45, 2.75) is 0 Å². The third-order valence-electron chi connectivity index (χ3n) is 3.94. The largest absolute Gasteiger partial charge is 0.378 e. The lowest BCUT2D eigenvalue weighted by molar-refractivity contribution is -0.122. The number of hydrogen-bond donors (Lipinski definition) is 1. The van der Waals surface area contributed by atoms with E-state index in [2.05, 4.69) is 5.32 Å². The van der Waals surface area contributed by atoms with Gasteiger partial charge in [-0.2, -0.15) is 0 Å². The van der Waals surface area contributed by atoms with E-state index < -0.39 is 0 Å². The van der Waals surface area contributed by atoms with Crippen LogP contribution >= 0.6 is 35.0 Å². The van der Waals surface area contributed by atoms with Gasteiger partial charge in [0.25, 0.3) is 11.1 Å². The first-order chi connectivity index (χ1) is 12.8. The molecule has 1 aliphatic heterocycles. The molecule has 5 nitrogen and oxygen atoms in total. The molecule has 3 rings (SSSR count). The van der Waals surface area contributed by atoms with Crippen LogP contribution in [0.5, 0.6) is 0 Å². The molecule has 1 heterocycles. The van der Waals surface area contributed by atoms with Crippen molar-refractivity contribution < 1.29 is 9.59 Å². The summed E-state index contributed by atoms with van der Waals surface area (Å²) in [7, 11) is 3.92. The number of anilines is 2. The monoisotopic (exact) mass is 421 g/mol. The van der Waals surface area contributed by atoms with Crippen molar-refractivity contribution in [2.75, 3.05) is 31.0 Å². The maximum absolute atomic E-state index is 12.6. The second-order valence-corrected chi connectivity index (χ2v) is 7.89. The van der Waals surface area contributed by atoms with Gasteiger partial charge in [-0.05, 0) is 53.7 Å². The summed E-state index contributed by atoms with van der Waals surface area (Å²) in [5.74, 6) is -0.340. The number of imide groups is 1. The molecule has 0 bridgehead atoms. The van der Waals surface area contributed by atoms with Crippen LogP contribution in [0.25, 0.3) is 6.08 Å². The molecule has 1 aliphatic rings. The second kappa shape index (κ2) is 8.25. The van der Waals surface area contributed by atoms with Crippen molar-refractivity contribution in [2.24, 2.45) is 0 Å². The first-order valence-corrected chi connectivity index (χ1v) is 9.64. The molecule has 27 heavy (non-hydrogen) atoms. The predicted molar refractivity (Wildman–Crippen MR) is 114 cm³/mol. The molecule has 2 aromatic rings. The van der Waals surface area contributed by atoms with Crippen LogP contribution in [-0.4, -0.2) is 36.8 Å². The average molecular weight is 422 g/mol. The van der Waals surface area contributed by atoms with Gasteiger partial charge in [-0.25, -0.2) is 0 Å². The van der Waals surface area contributed by atoms with Crippen LogP contribution in [0.1, 0.15) is 5.56 Å². The van der Waals surface area contributed by atoms with Crippen LogP contribution in [0, 0.1) is 0 Å². The van der Waals surface area contributed by atoms with E-state index in [4.69, 9.17) is 23.2 Å². The lowest BCUT2D eigenvalue weighted by Crippen LogP contribution is -2.33. The summed E-state index contributed by atoms with van der Waals surface area (Å²) in [6.07, 6.45) is 1.72. The maximum Gasteiger partial charge on any atom is 0.295 e. The summed E-state index contributed by atoms with van der Waals surface area (Å²) in [5.41, 5.74) is 2.48. The lowest BCUT2D eigenvalue weighted by Gasteiger charge is -2.15. The van der Waals surface area contributed by atoms with Gasteiger partial charge in [-0.3, -0.25) is 14.5 Å². The van der Waals surface area contributed by atoms with E-state index in [0.717, 1.165) is 27.9 Å². The summed E-state index contributed by atoms with van der Waals surface area (Å²) in [6, 6.07) is 12.7. The van der Waals surface area contributed by atoms with Gasteiger partial charge in [0.1, 0.15) is 0 Å². The molecule has 2 aromatic carbocycles. The molecular weight excluding hydrogens is 405 g/mol. The van der Waals surface area contributed by atoms with E-state index in [0.29, 0.717) is 20.6 Å². The van der Waals surface area contributed by atoms with E-state index in [-0.39, 0.29) is 17.8 Å². The molecule has 0 atom stereocenters. The first-order valence-electron chi connectivity index (χ1n) is 8.07. The molecule has 0 spiro atoms. The van der Waals surface area contributed by atoms with Crippen LogP contribution in [0.4, 0.5) is 16.2 Å². The second-order valence-electron chi connectivity index (χ2n) is 6.05. The van der Waals surface area contributed by atoms with Crippen LogP contribution in [0.2, 0.25) is 10.0 Å². The molecule has 0 unspecified atom stereocenters. The third kappa shape index (κ3) is 4.58. The van der Waals surface area contributed by atoms with Crippen molar-refractivity contribution >= 4 is 63.6 Å². The Morgan fingerprint density at radius 1 is 1.11 bits per heavy atom. The number of amides is 2. The van der Waals surface area contributed by atoms with Crippen molar-refractivity contribution in [1.82, 2.24) is 4.90 Å². The Hall–Kier alpha value is -2.15. The fourth-order valence-electron chi connectivity index (χ4n) is 2.45. The summed E-state index contributed by atoms with van der Waals surface area (Å²) < 4.78 is 0. The Morgan fingerprint density at radius 3 is 2.48 bits per heavy atom. The molecule has 2 amide bonds. The fraction of sp³-hybridized carbons (Fsp3) is 0.158. The molecule has 1 saturated heterocycles. The smallest absolute Gasteiger partial charge is 0.295 e. The maximum atomic E-state index is 12.6. The van der Waals surface area contributed by atoms with Gasteiger partial charge in [0, 0.05) is 24.8 Å². The number of halogens is 2. The van der Waals surface area contributed by atoms with Crippen molar-refractivity contribution in [1.29, 1.82) is 0 Å². The fourth-order valence-corrected chi connectivity index (χ4v) is 3.65. The van der Waals surface area contributed by atoms with Crippen LogP contribution in [0.3, 0.4) is 0 Å². The van der Waals surface area contributed by atoms with E-state index >= 15 is 0 Å². The zero-order chi connectivity index (χ0) is 19.6. The molecule has 0 saturated carbocycles. The standard InChI is InChI=1S/C19H17Cl2N3O2S/c1-23(2)14-6-3-12(4-7-14)9-17-18(25)24(19(26)27-17)11-22-16-10-13(20)5-8-15(16)21/h3-10,22H,11H2,1-2H3/b17-9+. The molecule has 1 N–H and O–H groups in total. The molecule has 1 fully saturated rings. The van der Waals surface area contributed by atoms with Gasteiger partial charge < -0.3 is 10.2 Å². The normalized spacial score (nSPS) is 15.6. The van der Waals surface area contributed by atoms with Crippen molar-refractivity contribution in [3.63, 3.8) is 0 Å². The minimum Gasteiger partial charge on any atom is -0.378 e. The molecule has 0 aliphatic carbocycles. The number of thioether (sulfide) groups is 1. The quantitative estimate of drug-likeness (QED) is 0.675. The van der Waals surface area contributed by atoms with Crippen LogP contribution in [0.15, 0.2) is 47.4 Å². The molecular formula is C19H17Cl2N3O2S. The summed E-state index contributed by atoms with van der Waals surface area (Å²) in [5, 5.41) is 3.62. The number of carbonyl (C=O) groups excluding carboxylic acids is 2. The number of carbonyl (C=O) groups is 2. The number of benzene rings is 2. The highest BCUT2D eigenvalue weighted by atomic mass is 35.5. The van der Waals surface area contributed by atoms with E-state index in [9.17, 15) is 9.59 Å². The highest BCUT2D eigenvalue weighted by molar-refractivity contribution is 8.18. The molecule has 0 radical (unpaired) electrons.